The number of ether oxygens (including phenoxy) is 10. The molecule has 5 fully saturated rings. The van der Waals surface area contributed by atoms with E-state index >= 15 is 0 Å². The SMILES string of the molecule is CC(=O)N[C@H]1[C@H](OC[C@@H](O)[C@H](O)[C@H](O[C@@H]2O[C@H](CO)[C@H](O)[C@H](O)[C@H]2O[C@@H]2O[C@@H](C)[C@@H](O)[C@@H](O)[C@@H]2O)[C@H](CO)NC(C)=O)O[C@H](COS(=O)(=O)O)[C@@H](O[C@@H]2O[C@H](CO)[C@H](O)[C@H](O)[C@H]2O[C@@H]2O[C@@H](C)[C@@H](O)[C@@H](O)[C@@H]2O)[C@@H]1O. The predicted octanol–water partition coefficient (Wildman–Crippen LogP) is -12.3. The van der Waals surface area contributed by atoms with Gasteiger partial charge < -0.3 is 140 Å². The smallest absolute Gasteiger partial charge is 0.394 e. The van der Waals surface area contributed by atoms with Gasteiger partial charge in [0.05, 0.1) is 51.3 Å². The molecule has 5 heterocycles. The van der Waals surface area contributed by atoms with Crippen molar-refractivity contribution >= 4 is 22.2 Å². The summed E-state index contributed by atoms with van der Waals surface area (Å²) in [5, 5.41) is 176. The van der Waals surface area contributed by atoms with E-state index in [1.807, 2.05) is 0 Å². The Balaban J connectivity index is 1.43. The largest absolute Gasteiger partial charge is 0.397 e. The minimum atomic E-state index is -5.36. The number of rotatable bonds is 22. The Morgan fingerprint density at radius 3 is 1.48 bits per heavy atom. The lowest BCUT2D eigenvalue weighted by molar-refractivity contribution is -0.383. The number of hydrogen-bond acceptors (Lipinski definition) is 31. The van der Waals surface area contributed by atoms with Crippen LogP contribution < -0.4 is 10.6 Å². The molecule has 2 amide bonds. The zero-order valence-corrected chi connectivity index (χ0v) is 41.2. The molecule has 5 aliphatic rings. The molecule has 19 N–H and O–H groups in total. The van der Waals surface area contributed by atoms with E-state index in [9.17, 15) is 104 Å². The van der Waals surface area contributed by atoms with Crippen LogP contribution in [-0.2, 0) is 71.5 Å². The first-order chi connectivity index (χ1) is 35.0. The monoisotopic (exact) mass is 1120 g/mol. The van der Waals surface area contributed by atoms with Gasteiger partial charge in [-0.05, 0) is 13.8 Å². The maximum atomic E-state index is 12.6. The first kappa shape index (κ1) is 63.6. The van der Waals surface area contributed by atoms with Gasteiger partial charge in [0.2, 0.25) is 11.8 Å². The summed E-state index contributed by atoms with van der Waals surface area (Å²) in [5.74, 6) is -1.78. The number of aliphatic hydroxyl groups excluding tert-OH is 16. The second kappa shape index (κ2) is 27.3. The van der Waals surface area contributed by atoms with E-state index in [0.29, 0.717) is 0 Å². The zero-order chi connectivity index (χ0) is 56.1. The molecular weight excluding hydrogens is 1050 g/mol. The zero-order valence-electron chi connectivity index (χ0n) is 40.4. The molecular formula is C40H70N2O32S. The topological polar surface area (TPSA) is 538 Å². The molecule has 438 valence electrons. The molecule has 75 heavy (non-hydrogen) atoms. The van der Waals surface area contributed by atoms with Gasteiger partial charge in [0.1, 0.15) is 128 Å². The van der Waals surface area contributed by atoms with Gasteiger partial charge in [0.15, 0.2) is 31.5 Å². The van der Waals surface area contributed by atoms with Gasteiger partial charge in [-0.3, -0.25) is 14.1 Å². The van der Waals surface area contributed by atoms with E-state index in [2.05, 4.69) is 14.8 Å². The Morgan fingerprint density at radius 2 is 1.03 bits per heavy atom. The summed E-state index contributed by atoms with van der Waals surface area (Å²) in [6, 6.07) is -3.60. The normalized spacial score (nSPS) is 44.5. The van der Waals surface area contributed by atoms with Gasteiger partial charge >= 0.3 is 10.4 Å². The first-order valence-corrected chi connectivity index (χ1v) is 24.8. The van der Waals surface area contributed by atoms with Crippen molar-refractivity contribution in [2.75, 3.05) is 33.0 Å². The van der Waals surface area contributed by atoms with Gasteiger partial charge in [0.25, 0.3) is 0 Å². The van der Waals surface area contributed by atoms with Crippen LogP contribution in [0.3, 0.4) is 0 Å². The minimum absolute atomic E-state index is 0.859. The van der Waals surface area contributed by atoms with Gasteiger partial charge in [0, 0.05) is 13.8 Å². The van der Waals surface area contributed by atoms with Crippen molar-refractivity contribution in [1.82, 2.24) is 10.6 Å². The minimum Gasteiger partial charge on any atom is -0.394 e. The average Bonchev–Trinajstić information content (AvgIpc) is 3.35. The Labute approximate surface area is 426 Å². The quantitative estimate of drug-likeness (QED) is 0.0448. The molecule has 0 aromatic rings. The van der Waals surface area contributed by atoms with Crippen molar-refractivity contribution in [3.05, 3.63) is 0 Å². The van der Waals surface area contributed by atoms with Crippen LogP contribution in [0, 0.1) is 0 Å². The first-order valence-electron chi connectivity index (χ1n) is 23.4. The van der Waals surface area contributed by atoms with Crippen LogP contribution in [0.2, 0.25) is 0 Å². The van der Waals surface area contributed by atoms with E-state index in [0.717, 1.165) is 13.8 Å². The molecule has 35 heteroatoms. The van der Waals surface area contributed by atoms with Crippen molar-refractivity contribution in [3.8, 4) is 0 Å². The highest BCUT2D eigenvalue weighted by Gasteiger charge is 2.56. The third-order valence-corrected chi connectivity index (χ3v) is 13.4. The number of aliphatic hydroxyl groups is 16. The Morgan fingerprint density at radius 1 is 0.560 bits per heavy atom. The molecule has 5 aliphatic heterocycles. The Bertz CT molecular complexity index is 1920. The van der Waals surface area contributed by atoms with Gasteiger partial charge in [-0.2, -0.15) is 8.42 Å². The molecule has 29 atom stereocenters. The van der Waals surface area contributed by atoms with Crippen molar-refractivity contribution in [2.24, 2.45) is 0 Å². The van der Waals surface area contributed by atoms with E-state index < -0.39 is 233 Å². The fourth-order valence-corrected chi connectivity index (χ4v) is 9.12. The van der Waals surface area contributed by atoms with Crippen LogP contribution >= 0.6 is 0 Å². The summed E-state index contributed by atoms with van der Waals surface area (Å²) in [4.78, 5) is 24.9. The highest BCUT2D eigenvalue weighted by Crippen LogP contribution is 2.35. The summed E-state index contributed by atoms with van der Waals surface area (Å²) >= 11 is 0. The summed E-state index contributed by atoms with van der Waals surface area (Å²) in [5.41, 5.74) is 0. The van der Waals surface area contributed by atoms with E-state index in [4.69, 9.17) is 47.4 Å². The molecule has 0 bridgehead atoms. The standard InChI is InChI=1S/C40H70N2O32S/c1-10-20(49)26(55)30(59)37(66-10)73-34-28(57)23(52)16(6-44)68-39(34)71-32(14(5-43)41-12(3)46)22(51)15(48)8-64-36-19(42-13(4)47)25(54)33(18(70-36)9-65-75(61,62)63)72-40-35(29(58)24(53)17(7-45)69-40)74-38-31(60)27(56)21(50)11(2)67-38/h10-11,14-40,43-45,48-60H,5-9H2,1-4H3,(H,41,46)(H,42,47)(H,61,62,63)/t10-,11-,14-,15+,16+,17+,18+,19+,20+,21+,22-,23-,24-,25+,26+,27+,28-,29-,30-,31-,32+,33+,34+,35+,36+,37-,38-,39-,40-/m0/s1. The van der Waals surface area contributed by atoms with Crippen LogP contribution in [0.15, 0.2) is 0 Å². The van der Waals surface area contributed by atoms with Crippen LogP contribution in [0.5, 0.6) is 0 Å². The fourth-order valence-electron chi connectivity index (χ4n) is 8.82. The molecule has 0 aromatic carbocycles. The van der Waals surface area contributed by atoms with Crippen LogP contribution in [0.4, 0.5) is 0 Å². The maximum absolute atomic E-state index is 12.6. The average molecular weight is 1120 g/mol. The molecule has 0 aromatic heterocycles. The highest BCUT2D eigenvalue weighted by molar-refractivity contribution is 7.80. The maximum Gasteiger partial charge on any atom is 0.397 e. The van der Waals surface area contributed by atoms with Crippen molar-refractivity contribution < 1.29 is 156 Å². The summed E-state index contributed by atoms with van der Waals surface area (Å²) < 4.78 is 94.6. The van der Waals surface area contributed by atoms with Crippen molar-refractivity contribution in [1.29, 1.82) is 0 Å². The van der Waals surface area contributed by atoms with E-state index in [1.165, 1.54) is 13.8 Å². The third kappa shape index (κ3) is 15.4. The molecule has 0 radical (unpaired) electrons. The highest BCUT2D eigenvalue weighted by atomic mass is 32.3. The second-order valence-corrected chi connectivity index (χ2v) is 19.6. The summed E-state index contributed by atoms with van der Waals surface area (Å²) in [6.45, 7) is -1.05. The molecule has 5 saturated heterocycles. The lowest BCUT2D eigenvalue weighted by Gasteiger charge is -2.49. The summed E-state index contributed by atoms with van der Waals surface area (Å²) in [6.07, 6.45) is -52.1. The van der Waals surface area contributed by atoms with Crippen LogP contribution in [0.25, 0.3) is 0 Å². The third-order valence-electron chi connectivity index (χ3n) is 13.0. The molecule has 0 aliphatic carbocycles. The molecule has 0 saturated carbocycles. The Kier molecular flexibility index (Phi) is 23.1. The lowest BCUT2D eigenvalue weighted by Crippen LogP contribution is -2.68. The second-order valence-electron chi connectivity index (χ2n) is 18.5. The van der Waals surface area contributed by atoms with E-state index in [1.54, 1.807) is 0 Å². The predicted molar refractivity (Wildman–Crippen MR) is 232 cm³/mol. The van der Waals surface area contributed by atoms with E-state index in [-0.39, 0.29) is 0 Å². The fraction of sp³-hybridized carbons (Fsp3) is 0.950. The Hall–Kier alpha value is -2.23. The van der Waals surface area contributed by atoms with Gasteiger partial charge in [-0.25, -0.2) is 4.18 Å². The number of amides is 2. The van der Waals surface area contributed by atoms with Crippen molar-refractivity contribution in [2.45, 2.75) is 206 Å². The lowest BCUT2D eigenvalue weighted by atomic mass is 9.95. The van der Waals surface area contributed by atoms with Crippen LogP contribution in [-0.4, -0.2) is 317 Å². The van der Waals surface area contributed by atoms with Crippen LogP contribution in [0.1, 0.15) is 27.7 Å². The molecule has 0 unspecified atom stereocenters. The van der Waals surface area contributed by atoms with Gasteiger partial charge in [-0.1, -0.05) is 0 Å². The number of carbonyl (C=O) groups excluding carboxylic acids is 2. The molecule has 0 spiro atoms. The van der Waals surface area contributed by atoms with Gasteiger partial charge in [-0.15, -0.1) is 0 Å². The summed E-state index contributed by atoms with van der Waals surface area (Å²) in [7, 11) is -5.36. The van der Waals surface area contributed by atoms with Crippen molar-refractivity contribution in [3.63, 3.8) is 0 Å². The number of nitrogens with one attached hydrogen (secondary N) is 2. The molecule has 5 rings (SSSR count). The molecule has 34 nitrogen and oxygen atoms in total. The number of hydrogen-bond donors (Lipinski definition) is 19. The number of carbonyl (C=O) groups is 2.